The smallest absolute Gasteiger partial charge is 0.267 e. The van der Waals surface area contributed by atoms with Gasteiger partial charge in [-0.05, 0) is 31.1 Å². The number of dihydropyridines is 1. The van der Waals surface area contributed by atoms with Gasteiger partial charge in [-0.1, -0.05) is 11.6 Å². The summed E-state index contributed by atoms with van der Waals surface area (Å²) in [6.45, 7) is 2.04. The number of rotatable bonds is 0. The van der Waals surface area contributed by atoms with Crippen molar-refractivity contribution in [3.8, 4) is 0 Å². The van der Waals surface area contributed by atoms with Crippen molar-refractivity contribution in [1.29, 1.82) is 0 Å². The van der Waals surface area contributed by atoms with E-state index in [1.165, 1.54) is 11.6 Å². The molecule has 1 amide bonds. The molecule has 1 aliphatic heterocycles. The minimum atomic E-state index is -0.159. The highest BCUT2D eigenvalue weighted by Crippen LogP contribution is 2.18. The second-order valence-corrected chi connectivity index (χ2v) is 3.02. The maximum absolute atomic E-state index is 10.9. The van der Waals surface area contributed by atoms with E-state index >= 15 is 0 Å². The fourth-order valence-electron chi connectivity index (χ4n) is 1.32. The van der Waals surface area contributed by atoms with Crippen molar-refractivity contribution in [2.45, 2.75) is 13.3 Å². The highest BCUT2D eigenvalue weighted by atomic mass is 16.1. The fourth-order valence-corrected chi connectivity index (χ4v) is 1.32. The van der Waals surface area contributed by atoms with Crippen molar-refractivity contribution in [3.63, 3.8) is 0 Å². The Labute approximate surface area is 71.0 Å². The summed E-state index contributed by atoms with van der Waals surface area (Å²) in [5, 5.41) is 0. The third-order valence-corrected chi connectivity index (χ3v) is 1.96. The summed E-state index contributed by atoms with van der Waals surface area (Å²) in [6.07, 6.45) is 8.36. The lowest BCUT2D eigenvalue weighted by Crippen LogP contribution is -2.09. The van der Waals surface area contributed by atoms with E-state index < -0.39 is 0 Å². The molecule has 1 heterocycles. The summed E-state index contributed by atoms with van der Waals surface area (Å²) in [6, 6.07) is 0. The number of hydrogen-bond acceptors (Lipinski definition) is 1. The average molecular weight is 159 g/mol. The predicted octanol–water partition coefficient (Wildman–Crippen LogP) is 1.80. The Bertz CT molecular complexity index is 356. The van der Waals surface area contributed by atoms with Crippen molar-refractivity contribution >= 4 is 11.6 Å². The van der Waals surface area contributed by atoms with Crippen molar-refractivity contribution < 1.29 is 4.79 Å². The van der Waals surface area contributed by atoms with Crippen LogP contribution in [0.2, 0.25) is 0 Å². The van der Waals surface area contributed by atoms with E-state index in [-0.39, 0.29) is 5.91 Å². The van der Waals surface area contributed by atoms with Crippen LogP contribution in [-0.4, -0.2) is 11.6 Å². The van der Waals surface area contributed by atoms with E-state index in [4.69, 9.17) is 0 Å². The quantitative estimate of drug-likeness (QED) is 0.530. The SMILES string of the molecule is CC1=CC2=NC(=O)C=CC2=CC1. The fraction of sp³-hybridized carbons (Fsp3) is 0.200. The van der Waals surface area contributed by atoms with Gasteiger partial charge in [0, 0.05) is 6.08 Å². The van der Waals surface area contributed by atoms with E-state index in [1.54, 1.807) is 0 Å². The molecule has 0 spiro atoms. The van der Waals surface area contributed by atoms with E-state index in [0.29, 0.717) is 0 Å². The van der Waals surface area contributed by atoms with Gasteiger partial charge in [-0.2, -0.15) is 0 Å². The molecule has 0 bridgehead atoms. The van der Waals surface area contributed by atoms with Gasteiger partial charge in [0.1, 0.15) is 0 Å². The molecule has 2 rings (SSSR count). The molecule has 0 saturated heterocycles. The first-order valence-electron chi connectivity index (χ1n) is 3.94. The molecule has 0 atom stereocenters. The Hall–Kier alpha value is -1.44. The number of allylic oxidation sites excluding steroid dienone is 5. The molecule has 1 aliphatic carbocycles. The highest BCUT2D eigenvalue weighted by molar-refractivity contribution is 6.19. The van der Waals surface area contributed by atoms with Gasteiger partial charge < -0.3 is 0 Å². The number of hydrogen-bond donors (Lipinski definition) is 0. The van der Waals surface area contributed by atoms with Gasteiger partial charge in [0.15, 0.2) is 0 Å². The number of nitrogens with zero attached hydrogens (tertiary/aromatic N) is 1. The van der Waals surface area contributed by atoms with Crippen molar-refractivity contribution in [1.82, 2.24) is 0 Å². The predicted molar refractivity (Wildman–Crippen MR) is 48.0 cm³/mol. The lowest BCUT2D eigenvalue weighted by Gasteiger charge is -2.12. The van der Waals surface area contributed by atoms with Crippen LogP contribution in [0.5, 0.6) is 0 Å². The zero-order valence-corrected chi connectivity index (χ0v) is 6.87. The highest BCUT2D eigenvalue weighted by Gasteiger charge is 2.12. The largest absolute Gasteiger partial charge is 0.270 e. The zero-order chi connectivity index (χ0) is 8.55. The summed E-state index contributed by atoms with van der Waals surface area (Å²) >= 11 is 0. The van der Waals surface area contributed by atoms with Crippen LogP contribution >= 0.6 is 0 Å². The molecule has 0 fully saturated rings. The molecule has 0 saturated carbocycles. The lowest BCUT2D eigenvalue weighted by molar-refractivity contribution is -0.113. The molecule has 0 aromatic carbocycles. The summed E-state index contributed by atoms with van der Waals surface area (Å²) < 4.78 is 0. The Balaban J connectivity index is 2.43. The average Bonchev–Trinajstić information content (AvgIpc) is 2.03. The molecule has 0 radical (unpaired) electrons. The minimum absolute atomic E-state index is 0.159. The normalized spacial score (nSPS) is 21.1. The molecule has 60 valence electrons. The second-order valence-electron chi connectivity index (χ2n) is 3.02. The molecule has 0 aromatic heterocycles. The maximum Gasteiger partial charge on any atom is 0.270 e. The second kappa shape index (κ2) is 2.55. The number of fused-ring (bicyclic) bond motifs is 1. The first-order chi connectivity index (χ1) is 5.75. The van der Waals surface area contributed by atoms with Crippen molar-refractivity contribution in [2.24, 2.45) is 4.99 Å². The molecular formula is C10H9NO. The lowest BCUT2D eigenvalue weighted by atomic mass is 9.97. The van der Waals surface area contributed by atoms with Crippen LogP contribution in [0, 0.1) is 0 Å². The van der Waals surface area contributed by atoms with Gasteiger partial charge in [0.2, 0.25) is 0 Å². The van der Waals surface area contributed by atoms with Gasteiger partial charge >= 0.3 is 0 Å². The van der Waals surface area contributed by atoms with E-state index in [1.807, 2.05) is 19.1 Å². The van der Waals surface area contributed by atoms with Crippen molar-refractivity contribution in [3.05, 3.63) is 35.5 Å². The number of carbonyl (C=O) groups excluding carboxylic acids is 1. The van der Waals surface area contributed by atoms with E-state index in [0.717, 1.165) is 17.7 Å². The van der Waals surface area contributed by atoms with Crippen LogP contribution in [0.25, 0.3) is 0 Å². The molecule has 0 N–H and O–H groups in total. The summed E-state index contributed by atoms with van der Waals surface area (Å²) in [5.41, 5.74) is 3.13. The van der Waals surface area contributed by atoms with Crippen LogP contribution < -0.4 is 0 Å². The summed E-state index contributed by atoms with van der Waals surface area (Å²) in [4.78, 5) is 14.8. The number of carbonyl (C=O) groups is 1. The topological polar surface area (TPSA) is 29.4 Å². The monoisotopic (exact) mass is 159 g/mol. The Morgan fingerprint density at radius 1 is 1.42 bits per heavy atom. The molecule has 12 heavy (non-hydrogen) atoms. The Morgan fingerprint density at radius 3 is 3.08 bits per heavy atom. The van der Waals surface area contributed by atoms with Crippen LogP contribution in [-0.2, 0) is 4.79 Å². The minimum Gasteiger partial charge on any atom is -0.267 e. The molecule has 0 aromatic rings. The standard InChI is InChI=1S/C10H9NO/c1-7-2-3-8-4-5-10(12)11-9(8)6-7/h3-6H,2H2,1H3. The summed E-state index contributed by atoms with van der Waals surface area (Å²) in [7, 11) is 0. The Kier molecular flexibility index (Phi) is 1.54. The molecule has 2 nitrogen and oxygen atoms in total. The van der Waals surface area contributed by atoms with E-state index in [2.05, 4.69) is 11.1 Å². The third kappa shape index (κ3) is 1.16. The molecule has 2 heteroatoms. The van der Waals surface area contributed by atoms with Crippen LogP contribution in [0.3, 0.4) is 0 Å². The van der Waals surface area contributed by atoms with Crippen LogP contribution in [0.1, 0.15) is 13.3 Å². The first kappa shape index (κ1) is 7.22. The Morgan fingerprint density at radius 2 is 2.25 bits per heavy atom. The van der Waals surface area contributed by atoms with Gasteiger partial charge in [-0.25, -0.2) is 4.99 Å². The zero-order valence-electron chi connectivity index (χ0n) is 6.87. The number of amides is 1. The number of aliphatic imine (C=N–C) groups is 1. The van der Waals surface area contributed by atoms with Crippen LogP contribution in [0.15, 0.2) is 40.4 Å². The first-order valence-corrected chi connectivity index (χ1v) is 3.94. The van der Waals surface area contributed by atoms with E-state index in [9.17, 15) is 4.79 Å². The third-order valence-electron chi connectivity index (χ3n) is 1.96. The maximum atomic E-state index is 10.9. The van der Waals surface area contributed by atoms with Crippen LogP contribution in [0.4, 0.5) is 0 Å². The van der Waals surface area contributed by atoms with Crippen molar-refractivity contribution in [2.75, 3.05) is 0 Å². The molecule has 2 aliphatic rings. The van der Waals surface area contributed by atoms with Gasteiger partial charge in [0.25, 0.3) is 5.91 Å². The van der Waals surface area contributed by atoms with Gasteiger partial charge in [0.05, 0.1) is 5.71 Å². The van der Waals surface area contributed by atoms with Gasteiger partial charge in [-0.3, -0.25) is 4.79 Å². The molecule has 0 unspecified atom stereocenters. The molecular weight excluding hydrogens is 150 g/mol. The van der Waals surface area contributed by atoms with Gasteiger partial charge in [-0.15, -0.1) is 0 Å². The summed E-state index contributed by atoms with van der Waals surface area (Å²) in [5.74, 6) is -0.159.